The molecule has 208 valence electrons. The van der Waals surface area contributed by atoms with Gasteiger partial charge in [-0.1, -0.05) is 103 Å². The van der Waals surface area contributed by atoms with Crippen molar-refractivity contribution >= 4 is 14.1 Å². The number of carbonyl (C=O) groups excluding carboxylic acids is 1. The molecule has 37 heavy (non-hydrogen) atoms. The van der Waals surface area contributed by atoms with Crippen molar-refractivity contribution < 1.29 is 79.4 Å². The van der Waals surface area contributed by atoms with E-state index in [9.17, 15) is 14.3 Å². The number of rotatable bonds is 26. The molecule has 0 aliphatic rings. The first-order valence-electron chi connectivity index (χ1n) is 14.4. The predicted molar refractivity (Wildman–Crippen MR) is 146 cm³/mol. The third-order valence-corrected chi connectivity index (χ3v) is 7.32. The van der Waals surface area contributed by atoms with Gasteiger partial charge in [-0.3, -0.25) is 9.36 Å². The molecule has 0 bridgehead atoms. The third kappa shape index (κ3) is 24.0. The smallest absolute Gasteiger partial charge is 0.756 e. The average molecular weight is 565 g/mol. The molecule has 0 N–H and O–H groups in total. The summed E-state index contributed by atoms with van der Waals surface area (Å²) < 4.78 is 27.5. The first kappa shape index (κ1) is 37.4. The summed E-state index contributed by atoms with van der Waals surface area (Å²) >= 11 is 0. The minimum Gasteiger partial charge on any atom is -0.756 e. The minimum absolute atomic E-state index is 0. The van der Waals surface area contributed by atoms with Gasteiger partial charge in [-0.2, -0.15) is 0 Å². The second-order valence-electron chi connectivity index (χ2n) is 9.66. The first-order chi connectivity index (χ1) is 17.6. The van der Waals surface area contributed by atoms with Crippen molar-refractivity contribution in [3.05, 3.63) is 29.8 Å². The van der Waals surface area contributed by atoms with Crippen LogP contribution in [0.15, 0.2) is 24.3 Å². The SMILES string of the molecule is CCCCCCCCCCCCOP(=O)([O-])OCCCCCCCCCCOc1ccc(C=O)cc1.[K+]. The van der Waals surface area contributed by atoms with E-state index in [0.717, 1.165) is 69.8 Å². The first-order valence-corrected chi connectivity index (χ1v) is 15.8. The van der Waals surface area contributed by atoms with Crippen molar-refractivity contribution in [3.63, 3.8) is 0 Å². The molecule has 0 amide bonds. The minimum atomic E-state index is -4.15. The fourth-order valence-corrected chi connectivity index (χ4v) is 4.86. The summed E-state index contributed by atoms with van der Waals surface area (Å²) in [6.07, 6.45) is 21.3. The van der Waals surface area contributed by atoms with E-state index in [4.69, 9.17) is 13.8 Å². The number of phosphoric ester groups is 1. The molecule has 1 rings (SSSR count). The van der Waals surface area contributed by atoms with Crippen molar-refractivity contribution in [1.82, 2.24) is 0 Å². The summed E-state index contributed by atoms with van der Waals surface area (Å²) in [5.41, 5.74) is 0.656. The second kappa shape index (κ2) is 26.6. The van der Waals surface area contributed by atoms with Crippen LogP contribution in [0.25, 0.3) is 0 Å². The van der Waals surface area contributed by atoms with Crippen LogP contribution in [0.3, 0.4) is 0 Å². The molecule has 0 saturated carbocycles. The van der Waals surface area contributed by atoms with E-state index in [1.54, 1.807) is 12.1 Å². The summed E-state index contributed by atoms with van der Waals surface area (Å²) in [5, 5.41) is 0. The number of hydrogen-bond acceptors (Lipinski definition) is 6. The Morgan fingerprint density at radius 2 is 1.03 bits per heavy atom. The zero-order valence-corrected chi connectivity index (χ0v) is 27.7. The zero-order valence-electron chi connectivity index (χ0n) is 23.6. The fraction of sp³-hybridized carbons (Fsp3) is 0.759. The van der Waals surface area contributed by atoms with Gasteiger partial charge in [0, 0.05) is 5.56 Å². The normalized spacial score (nSPS) is 12.6. The van der Waals surface area contributed by atoms with E-state index < -0.39 is 7.82 Å². The molecular weight excluding hydrogens is 514 g/mol. The van der Waals surface area contributed by atoms with Gasteiger partial charge in [-0.15, -0.1) is 0 Å². The standard InChI is InChI=1S/C29H51O6P.K/c1-2-3-4-5-6-7-8-12-15-18-25-34-36(31,32)35-26-19-16-13-10-9-11-14-17-24-33-29-22-20-28(27-30)21-23-29;/h20-23,27H,2-19,24-26H2,1H3,(H,31,32);/q;+1/p-1. The molecule has 1 aromatic rings. The molecule has 1 aromatic carbocycles. The maximum atomic E-state index is 11.8. The van der Waals surface area contributed by atoms with Crippen molar-refractivity contribution in [2.24, 2.45) is 0 Å². The van der Waals surface area contributed by atoms with Gasteiger partial charge in [-0.05, 0) is 43.5 Å². The van der Waals surface area contributed by atoms with Crippen LogP contribution < -0.4 is 61.0 Å². The maximum Gasteiger partial charge on any atom is 1.00 e. The molecule has 0 fully saturated rings. The van der Waals surface area contributed by atoms with Gasteiger partial charge in [-0.25, -0.2) is 0 Å². The molecule has 0 spiro atoms. The Kier molecular flexibility index (Phi) is 27.0. The van der Waals surface area contributed by atoms with Crippen molar-refractivity contribution in [2.45, 2.75) is 122 Å². The second-order valence-corrected chi connectivity index (χ2v) is 11.1. The summed E-state index contributed by atoms with van der Waals surface area (Å²) in [5.74, 6) is 0.801. The summed E-state index contributed by atoms with van der Waals surface area (Å²) in [7, 11) is -4.15. The van der Waals surface area contributed by atoms with Crippen LogP contribution in [0.1, 0.15) is 133 Å². The molecule has 0 radical (unpaired) electrons. The van der Waals surface area contributed by atoms with Crippen LogP contribution in [0.2, 0.25) is 0 Å². The molecule has 0 aliphatic heterocycles. The Hall–Kier alpha value is 0.436. The van der Waals surface area contributed by atoms with E-state index >= 15 is 0 Å². The Morgan fingerprint density at radius 3 is 1.43 bits per heavy atom. The van der Waals surface area contributed by atoms with Gasteiger partial charge in [0.05, 0.1) is 19.8 Å². The van der Waals surface area contributed by atoms with Gasteiger partial charge in [0.2, 0.25) is 0 Å². The zero-order chi connectivity index (χ0) is 26.2. The number of benzene rings is 1. The Labute approximate surface area is 269 Å². The van der Waals surface area contributed by atoms with Crippen LogP contribution in [0, 0.1) is 0 Å². The number of aldehydes is 1. The van der Waals surface area contributed by atoms with Crippen LogP contribution in [0.5, 0.6) is 5.75 Å². The van der Waals surface area contributed by atoms with Gasteiger partial charge in [0.1, 0.15) is 12.0 Å². The van der Waals surface area contributed by atoms with Gasteiger partial charge >= 0.3 is 51.4 Å². The Balaban J connectivity index is 0.0000130. The van der Waals surface area contributed by atoms with Crippen LogP contribution in [-0.4, -0.2) is 26.1 Å². The Morgan fingerprint density at radius 1 is 0.649 bits per heavy atom. The maximum absolute atomic E-state index is 11.8. The van der Waals surface area contributed by atoms with Crippen molar-refractivity contribution in [2.75, 3.05) is 19.8 Å². The van der Waals surface area contributed by atoms with Crippen molar-refractivity contribution in [3.8, 4) is 5.75 Å². The predicted octanol–water partition coefficient (Wildman–Crippen LogP) is 5.43. The van der Waals surface area contributed by atoms with E-state index in [1.165, 1.54) is 57.8 Å². The average Bonchev–Trinajstić information content (AvgIpc) is 2.88. The molecule has 0 saturated heterocycles. The summed E-state index contributed by atoms with van der Waals surface area (Å²) in [6.45, 7) is 3.37. The largest absolute Gasteiger partial charge is 1.00 e. The molecule has 0 aliphatic carbocycles. The van der Waals surface area contributed by atoms with E-state index in [2.05, 4.69) is 6.92 Å². The topological polar surface area (TPSA) is 84.9 Å². The molecule has 1 unspecified atom stereocenters. The molecule has 6 nitrogen and oxygen atoms in total. The molecular formula is C29H50KO6P. The van der Waals surface area contributed by atoms with E-state index in [-0.39, 0.29) is 64.6 Å². The van der Waals surface area contributed by atoms with E-state index in [1.807, 2.05) is 12.1 Å². The van der Waals surface area contributed by atoms with Gasteiger partial charge < -0.3 is 18.7 Å². The fourth-order valence-electron chi connectivity index (χ4n) is 4.08. The quantitative estimate of drug-likeness (QED) is 0.0646. The van der Waals surface area contributed by atoms with E-state index in [0.29, 0.717) is 12.2 Å². The third-order valence-electron chi connectivity index (χ3n) is 6.32. The van der Waals surface area contributed by atoms with Crippen LogP contribution >= 0.6 is 7.82 Å². The number of hydrogen-bond donors (Lipinski definition) is 0. The van der Waals surface area contributed by atoms with Gasteiger partial charge in [0.15, 0.2) is 0 Å². The molecule has 1 atom stereocenters. The summed E-state index contributed by atoms with van der Waals surface area (Å²) in [6, 6.07) is 7.17. The number of unbranched alkanes of at least 4 members (excludes halogenated alkanes) is 16. The van der Waals surface area contributed by atoms with Crippen LogP contribution in [-0.2, 0) is 13.6 Å². The van der Waals surface area contributed by atoms with Crippen molar-refractivity contribution in [1.29, 1.82) is 0 Å². The molecule has 0 aromatic heterocycles. The molecule has 8 heteroatoms. The Bertz CT molecular complexity index is 685. The number of carbonyl (C=O) groups is 1. The van der Waals surface area contributed by atoms with Gasteiger partial charge in [0.25, 0.3) is 7.82 Å². The van der Waals surface area contributed by atoms with Crippen LogP contribution in [0.4, 0.5) is 0 Å². The monoisotopic (exact) mass is 564 g/mol. The molecule has 0 heterocycles. The number of phosphoric acid groups is 1. The summed E-state index contributed by atoms with van der Waals surface area (Å²) in [4.78, 5) is 22.5. The number of ether oxygens (including phenoxy) is 1.